The maximum absolute atomic E-state index is 12.8. The SMILES string of the molecule is CC1=C(C(=O)O[C@H](C)C(C)(C)C)[C@H](c2cccc([N+](=O)[O-])c2)NC(=O)N1. The average Bonchev–Trinajstić information content (AvgIpc) is 2.53. The van der Waals surface area contributed by atoms with E-state index in [1.807, 2.05) is 20.8 Å². The molecule has 0 radical (unpaired) electrons. The Labute approximate surface area is 151 Å². The van der Waals surface area contributed by atoms with Gasteiger partial charge < -0.3 is 15.4 Å². The first-order valence-corrected chi connectivity index (χ1v) is 8.24. The van der Waals surface area contributed by atoms with E-state index < -0.39 is 23.0 Å². The molecule has 1 aliphatic heterocycles. The monoisotopic (exact) mass is 361 g/mol. The van der Waals surface area contributed by atoms with Gasteiger partial charge in [0, 0.05) is 17.8 Å². The molecule has 2 rings (SSSR count). The topological polar surface area (TPSA) is 111 Å². The van der Waals surface area contributed by atoms with Gasteiger partial charge in [-0.3, -0.25) is 10.1 Å². The molecular formula is C18H23N3O5. The van der Waals surface area contributed by atoms with E-state index in [9.17, 15) is 19.7 Å². The van der Waals surface area contributed by atoms with Crippen molar-refractivity contribution >= 4 is 17.7 Å². The Balaban J connectivity index is 2.42. The summed E-state index contributed by atoms with van der Waals surface area (Å²) in [6.07, 6.45) is -0.362. The van der Waals surface area contributed by atoms with Crippen LogP contribution in [0, 0.1) is 15.5 Å². The predicted molar refractivity (Wildman–Crippen MR) is 95.2 cm³/mol. The molecule has 1 aromatic rings. The van der Waals surface area contributed by atoms with Crippen molar-refractivity contribution in [3.63, 3.8) is 0 Å². The maximum Gasteiger partial charge on any atom is 0.338 e. The molecule has 0 fully saturated rings. The third kappa shape index (κ3) is 4.19. The molecule has 140 valence electrons. The fourth-order valence-corrected chi connectivity index (χ4v) is 2.43. The molecule has 0 aliphatic carbocycles. The Morgan fingerprint density at radius 2 is 2.00 bits per heavy atom. The minimum absolute atomic E-state index is 0.122. The lowest BCUT2D eigenvalue weighted by atomic mass is 9.90. The smallest absolute Gasteiger partial charge is 0.338 e. The Bertz CT molecular complexity index is 779. The van der Waals surface area contributed by atoms with Crippen LogP contribution in [0.3, 0.4) is 0 Å². The van der Waals surface area contributed by atoms with Gasteiger partial charge in [-0.25, -0.2) is 9.59 Å². The normalized spacial score (nSPS) is 18.7. The van der Waals surface area contributed by atoms with Crippen LogP contribution < -0.4 is 10.6 Å². The van der Waals surface area contributed by atoms with Crippen LogP contribution in [0.2, 0.25) is 0 Å². The van der Waals surface area contributed by atoms with E-state index in [-0.39, 0.29) is 22.8 Å². The second kappa shape index (κ2) is 7.15. The number of hydrogen-bond donors (Lipinski definition) is 2. The largest absolute Gasteiger partial charge is 0.459 e. The van der Waals surface area contributed by atoms with Crippen LogP contribution in [0.25, 0.3) is 0 Å². The van der Waals surface area contributed by atoms with Crippen molar-refractivity contribution in [1.82, 2.24) is 10.6 Å². The lowest BCUT2D eigenvalue weighted by Gasteiger charge is -2.31. The van der Waals surface area contributed by atoms with Crippen molar-refractivity contribution < 1.29 is 19.2 Å². The van der Waals surface area contributed by atoms with Crippen molar-refractivity contribution in [1.29, 1.82) is 0 Å². The number of nitrogens with zero attached hydrogens (tertiary/aromatic N) is 1. The number of ether oxygens (including phenoxy) is 1. The highest BCUT2D eigenvalue weighted by Gasteiger charge is 2.35. The molecule has 0 bridgehead atoms. The van der Waals surface area contributed by atoms with Crippen molar-refractivity contribution in [3.8, 4) is 0 Å². The van der Waals surface area contributed by atoms with E-state index in [0.717, 1.165) is 0 Å². The van der Waals surface area contributed by atoms with Gasteiger partial charge in [-0.2, -0.15) is 0 Å². The molecule has 8 nitrogen and oxygen atoms in total. The lowest BCUT2D eigenvalue weighted by molar-refractivity contribution is -0.384. The quantitative estimate of drug-likeness (QED) is 0.486. The van der Waals surface area contributed by atoms with Gasteiger partial charge in [-0.05, 0) is 24.8 Å². The van der Waals surface area contributed by atoms with Gasteiger partial charge in [0.25, 0.3) is 5.69 Å². The number of nitro benzene ring substituents is 1. The Morgan fingerprint density at radius 1 is 1.35 bits per heavy atom. The summed E-state index contributed by atoms with van der Waals surface area (Å²) in [5, 5.41) is 16.2. The molecule has 0 spiro atoms. The fraction of sp³-hybridized carbons (Fsp3) is 0.444. The molecule has 26 heavy (non-hydrogen) atoms. The van der Waals surface area contributed by atoms with E-state index in [1.165, 1.54) is 18.2 Å². The first-order valence-electron chi connectivity index (χ1n) is 8.24. The third-order valence-electron chi connectivity index (χ3n) is 4.41. The number of allylic oxidation sites excluding steroid dienone is 1. The van der Waals surface area contributed by atoms with Crippen molar-refractivity contribution in [2.24, 2.45) is 5.41 Å². The number of urea groups is 1. The number of nitro groups is 1. The number of rotatable bonds is 4. The van der Waals surface area contributed by atoms with Crippen LogP contribution in [0.15, 0.2) is 35.5 Å². The third-order valence-corrected chi connectivity index (χ3v) is 4.41. The molecule has 8 heteroatoms. The van der Waals surface area contributed by atoms with Crippen LogP contribution in [-0.4, -0.2) is 23.0 Å². The summed E-state index contributed by atoms with van der Waals surface area (Å²) < 4.78 is 5.57. The zero-order valence-corrected chi connectivity index (χ0v) is 15.5. The maximum atomic E-state index is 12.8. The minimum atomic E-state index is -0.830. The van der Waals surface area contributed by atoms with E-state index in [0.29, 0.717) is 11.3 Å². The van der Waals surface area contributed by atoms with Crippen LogP contribution in [0.1, 0.15) is 46.2 Å². The first kappa shape index (κ1) is 19.4. The minimum Gasteiger partial charge on any atom is -0.459 e. The highest BCUT2D eigenvalue weighted by atomic mass is 16.6. The first-order chi connectivity index (χ1) is 12.0. The van der Waals surface area contributed by atoms with E-state index in [4.69, 9.17) is 4.74 Å². The zero-order chi connectivity index (χ0) is 19.6. The zero-order valence-electron chi connectivity index (χ0n) is 15.5. The molecule has 1 aliphatic rings. The van der Waals surface area contributed by atoms with Gasteiger partial charge in [0.15, 0.2) is 0 Å². The van der Waals surface area contributed by atoms with E-state index in [2.05, 4.69) is 10.6 Å². The Kier molecular flexibility index (Phi) is 5.34. The molecule has 0 saturated heterocycles. The second-order valence-corrected chi connectivity index (χ2v) is 7.34. The van der Waals surface area contributed by atoms with Crippen molar-refractivity contribution in [3.05, 3.63) is 51.2 Å². The number of hydrogen-bond acceptors (Lipinski definition) is 5. The van der Waals surface area contributed by atoms with Gasteiger partial charge in [-0.1, -0.05) is 32.9 Å². The van der Waals surface area contributed by atoms with Gasteiger partial charge in [0.2, 0.25) is 0 Å². The Hall–Kier alpha value is -2.90. The molecule has 0 aromatic heterocycles. The second-order valence-electron chi connectivity index (χ2n) is 7.34. The van der Waals surface area contributed by atoms with E-state index >= 15 is 0 Å². The van der Waals surface area contributed by atoms with E-state index in [1.54, 1.807) is 19.9 Å². The standard InChI is InChI=1S/C18H23N3O5/c1-10-14(16(22)26-11(2)18(3,4)5)15(20-17(23)19-10)12-7-6-8-13(9-12)21(24)25/h6-9,11,15H,1-5H3,(H2,19,20,23)/t11-,15+/m1/s1. The number of benzene rings is 1. The van der Waals surface area contributed by atoms with Crippen molar-refractivity contribution in [2.45, 2.75) is 46.8 Å². The summed E-state index contributed by atoms with van der Waals surface area (Å²) in [6, 6.07) is 4.50. The molecule has 1 aromatic carbocycles. The number of carbonyl (C=O) groups is 2. The number of nitrogens with one attached hydrogen (secondary N) is 2. The molecule has 0 saturated carbocycles. The molecule has 0 unspecified atom stereocenters. The summed E-state index contributed by atoms with van der Waals surface area (Å²) >= 11 is 0. The van der Waals surface area contributed by atoms with Gasteiger partial charge in [0.05, 0.1) is 16.5 Å². The summed E-state index contributed by atoms with van der Waals surface area (Å²) in [7, 11) is 0. The number of non-ortho nitro benzene ring substituents is 1. The van der Waals surface area contributed by atoms with Gasteiger partial charge >= 0.3 is 12.0 Å². The van der Waals surface area contributed by atoms with Gasteiger partial charge in [-0.15, -0.1) is 0 Å². The molecule has 1 heterocycles. The fourth-order valence-electron chi connectivity index (χ4n) is 2.43. The molecule has 2 atom stereocenters. The van der Waals surface area contributed by atoms with Crippen LogP contribution >= 0.6 is 0 Å². The number of esters is 1. The molecule has 2 N–H and O–H groups in total. The van der Waals surface area contributed by atoms with Crippen LogP contribution in [0.5, 0.6) is 0 Å². The van der Waals surface area contributed by atoms with Gasteiger partial charge in [0.1, 0.15) is 6.10 Å². The molecule has 2 amide bonds. The predicted octanol–water partition coefficient (Wildman–Crippen LogP) is 3.20. The van der Waals surface area contributed by atoms with Crippen molar-refractivity contribution in [2.75, 3.05) is 0 Å². The number of carbonyl (C=O) groups excluding carboxylic acids is 2. The highest BCUT2D eigenvalue weighted by molar-refractivity contribution is 5.95. The summed E-state index contributed by atoms with van der Waals surface area (Å²) in [6.45, 7) is 9.24. The summed E-state index contributed by atoms with van der Waals surface area (Å²) in [5.74, 6) is -0.575. The van der Waals surface area contributed by atoms with Crippen LogP contribution in [0.4, 0.5) is 10.5 Å². The molecular weight excluding hydrogens is 338 g/mol. The summed E-state index contributed by atoms with van der Waals surface area (Å²) in [5.41, 5.74) is 0.640. The van der Waals surface area contributed by atoms with Crippen LogP contribution in [-0.2, 0) is 9.53 Å². The Morgan fingerprint density at radius 3 is 2.58 bits per heavy atom. The average molecular weight is 361 g/mol. The highest BCUT2D eigenvalue weighted by Crippen LogP contribution is 2.31. The lowest BCUT2D eigenvalue weighted by Crippen LogP contribution is -2.46. The summed E-state index contributed by atoms with van der Waals surface area (Å²) in [4.78, 5) is 35.2. The number of amides is 2.